The van der Waals surface area contributed by atoms with Crippen LogP contribution in [0.3, 0.4) is 0 Å². The molecule has 2 nitrogen and oxygen atoms in total. The van der Waals surface area contributed by atoms with Gasteiger partial charge < -0.3 is 10.6 Å². The lowest BCUT2D eigenvalue weighted by Gasteiger charge is -2.26. The summed E-state index contributed by atoms with van der Waals surface area (Å²) in [5, 5.41) is 7.16. The zero-order valence-corrected chi connectivity index (χ0v) is 14.3. The minimum atomic E-state index is 0.180. The van der Waals surface area contributed by atoms with E-state index in [0.717, 1.165) is 13.1 Å². The van der Waals surface area contributed by atoms with E-state index < -0.39 is 0 Å². The van der Waals surface area contributed by atoms with Gasteiger partial charge in [0.05, 0.1) is 0 Å². The third kappa shape index (κ3) is 6.06. The second kappa shape index (κ2) is 6.73. The number of hydrogen-bond donors (Lipinski definition) is 2. The van der Waals surface area contributed by atoms with Crippen LogP contribution < -0.4 is 10.6 Å². The van der Waals surface area contributed by atoms with Crippen molar-refractivity contribution in [1.82, 2.24) is 10.6 Å². The molecular formula is C18H32N2. The summed E-state index contributed by atoms with van der Waals surface area (Å²) < 4.78 is 0. The normalized spacial score (nSPS) is 14.3. The lowest BCUT2D eigenvalue weighted by Crippen LogP contribution is -2.44. The molecule has 1 unspecified atom stereocenters. The van der Waals surface area contributed by atoms with Gasteiger partial charge in [-0.05, 0) is 44.2 Å². The molecule has 0 saturated heterocycles. The number of hydrogen-bond acceptors (Lipinski definition) is 2. The largest absolute Gasteiger partial charge is 0.311 e. The molecule has 2 heteroatoms. The molecule has 0 spiro atoms. The Bertz CT molecular complexity index is 410. The minimum Gasteiger partial charge on any atom is -0.311 e. The maximum Gasteiger partial charge on any atom is 0.0211 e. The van der Waals surface area contributed by atoms with E-state index in [4.69, 9.17) is 0 Å². The van der Waals surface area contributed by atoms with Gasteiger partial charge in [0.25, 0.3) is 0 Å². The van der Waals surface area contributed by atoms with Gasteiger partial charge in [0.15, 0.2) is 0 Å². The van der Waals surface area contributed by atoms with Crippen LogP contribution in [0.5, 0.6) is 0 Å². The third-order valence-corrected chi connectivity index (χ3v) is 3.40. The molecule has 0 aliphatic heterocycles. The molecule has 1 aromatic rings. The van der Waals surface area contributed by atoms with Crippen molar-refractivity contribution in [2.75, 3.05) is 6.54 Å². The fraction of sp³-hybridized carbons (Fsp3) is 0.667. The van der Waals surface area contributed by atoms with Crippen LogP contribution in [0.4, 0.5) is 0 Å². The van der Waals surface area contributed by atoms with Crippen LogP contribution >= 0.6 is 0 Å². The van der Waals surface area contributed by atoms with Crippen LogP contribution in [-0.2, 0) is 12.0 Å². The van der Waals surface area contributed by atoms with Crippen LogP contribution in [0.1, 0.15) is 59.6 Å². The van der Waals surface area contributed by atoms with Crippen LogP contribution in [0.15, 0.2) is 24.3 Å². The lowest BCUT2D eigenvalue weighted by molar-refractivity contribution is 0.386. The van der Waals surface area contributed by atoms with Crippen molar-refractivity contribution in [1.29, 1.82) is 0 Å². The van der Waals surface area contributed by atoms with Gasteiger partial charge >= 0.3 is 0 Å². The lowest BCUT2D eigenvalue weighted by atomic mass is 9.84. The SMILES string of the molecule is CC(CNC(C)(C)C)NCc1ccccc1C(C)(C)C. The highest BCUT2D eigenvalue weighted by Gasteiger charge is 2.17. The molecule has 0 aromatic heterocycles. The molecule has 1 aromatic carbocycles. The van der Waals surface area contributed by atoms with Crippen LogP contribution in [0.2, 0.25) is 0 Å². The molecule has 0 heterocycles. The fourth-order valence-corrected chi connectivity index (χ4v) is 2.22. The average molecular weight is 276 g/mol. The van der Waals surface area contributed by atoms with E-state index >= 15 is 0 Å². The first-order valence-electron chi connectivity index (χ1n) is 7.66. The summed E-state index contributed by atoms with van der Waals surface area (Å²) in [5.41, 5.74) is 3.22. The van der Waals surface area contributed by atoms with Gasteiger partial charge in [-0.1, -0.05) is 45.0 Å². The fourth-order valence-electron chi connectivity index (χ4n) is 2.22. The van der Waals surface area contributed by atoms with Crippen molar-refractivity contribution < 1.29 is 0 Å². The first-order chi connectivity index (χ1) is 9.09. The Morgan fingerprint density at radius 3 is 2.15 bits per heavy atom. The zero-order chi connectivity index (χ0) is 15.4. The molecule has 0 radical (unpaired) electrons. The molecule has 0 aliphatic carbocycles. The minimum absolute atomic E-state index is 0.180. The Morgan fingerprint density at radius 2 is 1.60 bits per heavy atom. The van der Waals surface area contributed by atoms with Gasteiger partial charge in [0.1, 0.15) is 0 Å². The van der Waals surface area contributed by atoms with Gasteiger partial charge in [0, 0.05) is 24.7 Å². The standard InChI is InChI=1S/C18H32N2/c1-14(12-20-18(5,6)7)19-13-15-10-8-9-11-16(15)17(2,3)4/h8-11,14,19-20H,12-13H2,1-7H3. The van der Waals surface area contributed by atoms with Gasteiger partial charge in [0.2, 0.25) is 0 Å². The van der Waals surface area contributed by atoms with Crippen molar-refractivity contribution in [3.05, 3.63) is 35.4 Å². The summed E-state index contributed by atoms with van der Waals surface area (Å²) in [6.07, 6.45) is 0. The molecule has 20 heavy (non-hydrogen) atoms. The van der Waals surface area contributed by atoms with Crippen molar-refractivity contribution in [3.63, 3.8) is 0 Å². The number of benzene rings is 1. The molecule has 1 atom stereocenters. The van der Waals surface area contributed by atoms with Gasteiger partial charge in [-0.3, -0.25) is 0 Å². The Kier molecular flexibility index (Phi) is 5.79. The predicted octanol–water partition coefficient (Wildman–Crippen LogP) is 3.85. The predicted molar refractivity (Wildman–Crippen MR) is 89.2 cm³/mol. The molecular weight excluding hydrogens is 244 g/mol. The topological polar surface area (TPSA) is 24.1 Å². The highest BCUT2D eigenvalue weighted by Crippen LogP contribution is 2.25. The summed E-state index contributed by atoms with van der Waals surface area (Å²) in [5.74, 6) is 0. The molecule has 0 saturated carbocycles. The van der Waals surface area contributed by atoms with E-state index in [1.165, 1.54) is 11.1 Å². The highest BCUT2D eigenvalue weighted by molar-refractivity contribution is 5.32. The van der Waals surface area contributed by atoms with E-state index in [9.17, 15) is 0 Å². The molecule has 0 amide bonds. The number of nitrogens with one attached hydrogen (secondary N) is 2. The third-order valence-electron chi connectivity index (χ3n) is 3.40. The van der Waals surface area contributed by atoms with E-state index in [0.29, 0.717) is 6.04 Å². The molecule has 0 fully saturated rings. The number of rotatable bonds is 5. The van der Waals surface area contributed by atoms with Crippen LogP contribution in [0, 0.1) is 0 Å². The monoisotopic (exact) mass is 276 g/mol. The van der Waals surface area contributed by atoms with Gasteiger partial charge in [-0.15, -0.1) is 0 Å². The van der Waals surface area contributed by atoms with Gasteiger partial charge in [-0.2, -0.15) is 0 Å². The molecule has 2 N–H and O–H groups in total. The van der Waals surface area contributed by atoms with E-state index in [-0.39, 0.29) is 11.0 Å². The second-order valence-corrected chi connectivity index (χ2v) is 7.82. The summed E-state index contributed by atoms with van der Waals surface area (Å²) >= 11 is 0. The molecule has 0 aliphatic rings. The van der Waals surface area contributed by atoms with Gasteiger partial charge in [-0.25, -0.2) is 0 Å². The van der Waals surface area contributed by atoms with Crippen molar-refractivity contribution in [3.8, 4) is 0 Å². The zero-order valence-electron chi connectivity index (χ0n) is 14.3. The van der Waals surface area contributed by atoms with Crippen LogP contribution in [-0.4, -0.2) is 18.1 Å². The van der Waals surface area contributed by atoms with Crippen molar-refractivity contribution in [2.24, 2.45) is 0 Å². The van der Waals surface area contributed by atoms with Crippen LogP contribution in [0.25, 0.3) is 0 Å². The van der Waals surface area contributed by atoms with E-state index in [1.807, 2.05) is 0 Å². The molecule has 0 bridgehead atoms. The second-order valence-electron chi connectivity index (χ2n) is 7.82. The molecule has 114 valence electrons. The Hall–Kier alpha value is -0.860. The maximum atomic E-state index is 3.62. The quantitative estimate of drug-likeness (QED) is 0.853. The Labute approximate surface area is 125 Å². The maximum absolute atomic E-state index is 3.62. The molecule has 1 rings (SSSR count). The van der Waals surface area contributed by atoms with E-state index in [2.05, 4.69) is 83.4 Å². The summed E-state index contributed by atoms with van der Waals surface area (Å²) in [4.78, 5) is 0. The smallest absolute Gasteiger partial charge is 0.0211 e. The highest BCUT2D eigenvalue weighted by atomic mass is 15.0. The van der Waals surface area contributed by atoms with E-state index in [1.54, 1.807) is 0 Å². The van der Waals surface area contributed by atoms with Crippen molar-refractivity contribution in [2.45, 2.75) is 72.0 Å². The average Bonchev–Trinajstić information content (AvgIpc) is 2.32. The first-order valence-corrected chi connectivity index (χ1v) is 7.66. The Morgan fingerprint density at radius 1 is 1.00 bits per heavy atom. The summed E-state index contributed by atoms with van der Waals surface area (Å²) in [7, 11) is 0. The summed E-state index contributed by atoms with van der Waals surface area (Å²) in [6.45, 7) is 17.6. The summed E-state index contributed by atoms with van der Waals surface area (Å²) in [6, 6.07) is 9.20. The first kappa shape index (κ1) is 17.2. The van der Waals surface area contributed by atoms with Crippen molar-refractivity contribution >= 4 is 0 Å². The Balaban J connectivity index is 2.58.